The van der Waals surface area contributed by atoms with Gasteiger partial charge in [-0.3, -0.25) is 9.59 Å². The standard InChI is InChI=1S/C25H22Cl2N2O3/c1-16-25(31)29(12-11-17-5-3-2-4-6-17)15-19-13-20(8-10-23(19)32-16)28-24(30)18-7-9-21(26)22(27)14-18/h2-10,13-14,16H,11-12,15H2,1H3,(H,28,30). The Morgan fingerprint density at radius 2 is 1.84 bits per heavy atom. The minimum absolute atomic E-state index is 0.0569. The lowest BCUT2D eigenvalue weighted by Gasteiger charge is -2.22. The van der Waals surface area contributed by atoms with Gasteiger partial charge in [0.25, 0.3) is 11.8 Å². The van der Waals surface area contributed by atoms with E-state index in [9.17, 15) is 9.59 Å². The number of amides is 2. The molecule has 0 saturated carbocycles. The molecule has 1 N–H and O–H groups in total. The van der Waals surface area contributed by atoms with Gasteiger partial charge in [0.15, 0.2) is 6.10 Å². The number of carbonyl (C=O) groups is 2. The highest BCUT2D eigenvalue weighted by Crippen LogP contribution is 2.29. The van der Waals surface area contributed by atoms with Crippen molar-refractivity contribution in [3.63, 3.8) is 0 Å². The van der Waals surface area contributed by atoms with Crippen LogP contribution in [0.15, 0.2) is 66.7 Å². The number of nitrogens with zero attached hydrogens (tertiary/aromatic N) is 1. The molecule has 0 fully saturated rings. The first kappa shape index (κ1) is 22.2. The largest absolute Gasteiger partial charge is 0.481 e. The summed E-state index contributed by atoms with van der Waals surface area (Å²) in [5.41, 5.74) is 3.01. The van der Waals surface area contributed by atoms with Crippen LogP contribution in [0, 0.1) is 0 Å². The predicted octanol–water partition coefficient (Wildman–Crippen LogP) is 5.60. The highest BCUT2D eigenvalue weighted by molar-refractivity contribution is 6.42. The van der Waals surface area contributed by atoms with Crippen LogP contribution in [-0.2, 0) is 17.8 Å². The Morgan fingerprint density at radius 3 is 2.59 bits per heavy atom. The van der Waals surface area contributed by atoms with Crippen molar-refractivity contribution in [1.82, 2.24) is 4.90 Å². The van der Waals surface area contributed by atoms with Crippen molar-refractivity contribution in [2.75, 3.05) is 11.9 Å². The van der Waals surface area contributed by atoms with Gasteiger partial charge in [-0.25, -0.2) is 0 Å². The summed E-state index contributed by atoms with van der Waals surface area (Å²) in [4.78, 5) is 27.3. The molecule has 0 spiro atoms. The topological polar surface area (TPSA) is 58.6 Å². The second-order valence-electron chi connectivity index (χ2n) is 7.66. The molecule has 2 amide bonds. The number of halogens is 2. The van der Waals surface area contributed by atoms with Crippen LogP contribution in [0.3, 0.4) is 0 Å². The Morgan fingerprint density at radius 1 is 1.06 bits per heavy atom. The summed E-state index contributed by atoms with van der Waals surface area (Å²) < 4.78 is 5.89. The van der Waals surface area contributed by atoms with Gasteiger partial charge >= 0.3 is 0 Å². The summed E-state index contributed by atoms with van der Waals surface area (Å²) >= 11 is 12.0. The zero-order valence-corrected chi connectivity index (χ0v) is 19.0. The van der Waals surface area contributed by atoms with E-state index in [0.29, 0.717) is 40.1 Å². The van der Waals surface area contributed by atoms with E-state index in [1.807, 2.05) is 36.4 Å². The maximum absolute atomic E-state index is 12.9. The van der Waals surface area contributed by atoms with Gasteiger partial charge in [-0.2, -0.15) is 0 Å². The van der Waals surface area contributed by atoms with Crippen LogP contribution in [-0.4, -0.2) is 29.4 Å². The molecule has 1 aliphatic heterocycles. The van der Waals surface area contributed by atoms with Crippen LogP contribution in [0.1, 0.15) is 28.4 Å². The monoisotopic (exact) mass is 468 g/mol. The number of anilines is 1. The molecule has 0 bridgehead atoms. The second-order valence-corrected chi connectivity index (χ2v) is 8.48. The molecule has 0 aliphatic carbocycles. The number of nitrogens with one attached hydrogen (secondary N) is 1. The number of ether oxygens (including phenoxy) is 1. The van der Waals surface area contributed by atoms with E-state index >= 15 is 0 Å². The van der Waals surface area contributed by atoms with E-state index < -0.39 is 6.10 Å². The van der Waals surface area contributed by atoms with E-state index in [2.05, 4.69) is 5.32 Å². The number of hydrogen-bond donors (Lipinski definition) is 1. The Hall–Kier alpha value is -3.02. The van der Waals surface area contributed by atoms with Crippen LogP contribution in [0.25, 0.3) is 0 Å². The molecule has 4 rings (SSSR count). The first-order chi connectivity index (χ1) is 15.4. The average Bonchev–Trinajstić information content (AvgIpc) is 2.91. The summed E-state index contributed by atoms with van der Waals surface area (Å²) in [7, 11) is 0. The highest BCUT2D eigenvalue weighted by Gasteiger charge is 2.27. The fraction of sp³-hybridized carbons (Fsp3) is 0.200. The molecule has 1 unspecified atom stereocenters. The lowest BCUT2D eigenvalue weighted by molar-refractivity contribution is -0.137. The molecule has 1 aliphatic rings. The first-order valence-electron chi connectivity index (χ1n) is 10.3. The number of carbonyl (C=O) groups excluding carboxylic acids is 2. The van der Waals surface area contributed by atoms with E-state index in [0.717, 1.165) is 12.0 Å². The summed E-state index contributed by atoms with van der Waals surface area (Å²) in [5.74, 6) is 0.280. The zero-order valence-electron chi connectivity index (χ0n) is 17.5. The van der Waals surface area contributed by atoms with E-state index in [1.54, 1.807) is 36.1 Å². The van der Waals surface area contributed by atoms with Crippen molar-refractivity contribution in [3.8, 4) is 5.75 Å². The number of fused-ring (bicyclic) bond motifs is 1. The van der Waals surface area contributed by atoms with Crippen LogP contribution in [0.4, 0.5) is 5.69 Å². The quantitative estimate of drug-likeness (QED) is 0.530. The van der Waals surface area contributed by atoms with E-state index in [-0.39, 0.29) is 11.8 Å². The van der Waals surface area contributed by atoms with Crippen molar-refractivity contribution in [3.05, 3.63) is 93.5 Å². The Bertz CT molecular complexity index is 1150. The average molecular weight is 469 g/mol. The minimum atomic E-state index is -0.580. The van der Waals surface area contributed by atoms with Gasteiger partial charge in [0, 0.05) is 29.9 Å². The molecule has 0 radical (unpaired) electrons. The predicted molar refractivity (Wildman–Crippen MR) is 127 cm³/mol. The molecule has 1 heterocycles. The zero-order chi connectivity index (χ0) is 22.7. The lowest BCUT2D eigenvalue weighted by atomic mass is 10.1. The summed E-state index contributed by atoms with van der Waals surface area (Å²) in [5, 5.41) is 3.58. The normalized spacial score (nSPS) is 15.5. The lowest BCUT2D eigenvalue weighted by Crippen LogP contribution is -2.39. The van der Waals surface area contributed by atoms with Crippen molar-refractivity contribution in [1.29, 1.82) is 0 Å². The molecule has 1 atom stereocenters. The van der Waals surface area contributed by atoms with E-state index in [4.69, 9.17) is 27.9 Å². The third-order valence-corrected chi connectivity index (χ3v) is 6.08. The van der Waals surface area contributed by atoms with Crippen molar-refractivity contribution >= 4 is 40.7 Å². The number of benzene rings is 3. The molecule has 0 saturated heterocycles. The van der Waals surface area contributed by atoms with Gasteiger partial charge in [-0.05, 0) is 55.3 Å². The maximum Gasteiger partial charge on any atom is 0.263 e. The fourth-order valence-electron chi connectivity index (χ4n) is 3.62. The summed E-state index contributed by atoms with van der Waals surface area (Å²) in [6.45, 7) is 2.74. The Balaban J connectivity index is 1.52. The number of rotatable bonds is 5. The Labute approximate surface area is 196 Å². The molecule has 3 aromatic carbocycles. The molecule has 164 valence electrons. The van der Waals surface area contributed by atoms with Gasteiger partial charge in [0.1, 0.15) is 5.75 Å². The summed E-state index contributed by atoms with van der Waals surface area (Å²) in [6, 6.07) is 20.1. The first-order valence-corrected chi connectivity index (χ1v) is 11.0. The van der Waals surface area contributed by atoms with Gasteiger partial charge in [0.2, 0.25) is 0 Å². The smallest absolute Gasteiger partial charge is 0.263 e. The molecule has 3 aromatic rings. The van der Waals surface area contributed by atoms with E-state index in [1.165, 1.54) is 11.6 Å². The van der Waals surface area contributed by atoms with Gasteiger partial charge in [-0.15, -0.1) is 0 Å². The maximum atomic E-state index is 12.9. The molecule has 32 heavy (non-hydrogen) atoms. The molecule has 7 heteroatoms. The third-order valence-electron chi connectivity index (χ3n) is 5.34. The van der Waals surface area contributed by atoms with Gasteiger partial charge in [0.05, 0.1) is 10.0 Å². The number of hydrogen-bond acceptors (Lipinski definition) is 3. The molecular formula is C25H22Cl2N2O3. The Kier molecular flexibility index (Phi) is 6.68. The van der Waals surface area contributed by atoms with Crippen LogP contribution >= 0.6 is 23.2 Å². The minimum Gasteiger partial charge on any atom is -0.481 e. The SMILES string of the molecule is CC1Oc2ccc(NC(=O)c3ccc(Cl)c(Cl)c3)cc2CN(CCc2ccccc2)C1=O. The second kappa shape index (κ2) is 9.63. The fourth-order valence-corrected chi connectivity index (χ4v) is 3.91. The van der Waals surface area contributed by atoms with Crippen molar-refractivity contribution < 1.29 is 14.3 Å². The van der Waals surface area contributed by atoms with Crippen LogP contribution in [0.5, 0.6) is 5.75 Å². The van der Waals surface area contributed by atoms with Gasteiger partial charge < -0.3 is 15.0 Å². The van der Waals surface area contributed by atoms with Crippen molar-refractivity contribution in [2.24, 2.45) is 0 Å². The van der Waals surface area contributed by atoms with Gasteiger partial charge in [-0.1, -0.05) is 53.5 Å². The van der Waals surface area contributed by atoms with Crippen LogP contribution in [0.2, 0.25) is 10.0 Å². The molecule has 5 nitrogen and oxygen atoms in total. The highest BCUT2D eigenvalue weighted by atomic mass is 35.5. The third kappa shape index (κ3) is 5.06. The molecule has 0 aromatic heterocycles. The van der Waals surface area contributed by atoms with Crippen molar-refractivity contribution in [2.45, 2.75) is 26.0 Å². The van der Waals surface area contributed by atoms with Crippen LogP contribution < -0.4 is 10.1 Å². The summed E-state index contributed by atoms with van der Waals surface area (Å²) in [6.07, 6.45) is 0.172. The molecular weight excluding hydrogens is 447 g/mol.